The van der Waals surface area contributed by atoms with E-state index in [1.165, 1.54) is 0 Å². The molecule has 25 heavy (non-hydrogen) atoms. The molecule has 3 rings (SSSR count). The van der Waals surface area contributed by atoms with Crippen molar-refractivity contribution in [3.8, 4) is 0 Å². The summed E-state index contributed by atoms with van der Waals surface area (Å²) < 4.78 is 1.88. The maximum atomic E-state index is 12.4. The average Bonchev–Trinajstić information content (AvgIpc) is 3.34. The van der Waals surface area contributed by atoms with Crippen molar-refractivity contribution in [2.45, 2.75) is 33.4 Å². The summed E-state index contributed by atoms with van der Waals surface area (Å²) in [5, 5.41) is 10.1. The minimum absolute atomic E-state index is 0.0957. The van der Waals surface area contributed by atoms with Gasteiger partial charge in [0.2, 0.25) is 0 Å². The van der Waals surface area contributed by atoms with Gasteiger partial charge in [-0.1, -0.05) is 30.4 Å². The quantitative estimate of drug-likeness (QED) is 0.793. The molecule has 3 heterocycles. The summed E-state index contributed by atoms with van der Waals surface area (Å²) in [6.07, 6.45) is 2.94. The van der Waals surface area contributed by atoms with Gasteiger partial charge in [-0.3, -0.25) is 19.2 Å². The standard InChI is InChI=1S/C16H24N6O2S/c1-3-20(4-2)9-13-10-22(19-18-13)8-12-5-6-21(7-12)15(23)14-11-25-16(24)17-14/h10-12H,3-9H2,1-2H3,(H,17,24). The molecule has 1 fully saturated rings. The van der Waals surface area contributed by atoms with E-state index in [-0.39, 0.29) is 10.8 Å². The molecule has 0 spiro atoms. The van der Waals surface area contributed by atoms with Crippen LogP contribution in [0.5, 0.6) is 0 Å². The molecule has 1 unspecified atom stereocenters. The zero-order valence-electron chi connectivity index (χ0n) is 14.6. The molecule has 1 atom stereocenters. The summed E-state index contributed by atoms with van der Waals surface area (Å²) in [5.41, 5.74) is 1.36. The number of rotatable bonds is 7. The second-order valence-corrected chi connectivity index (χ2v) is 7.20. The summed E-state index contributed by atoms with van der Waals surface area (Å²) in [7, 11) is 0. The van der Waals surface area contributed by atoms with Crippen molar-refractivity contribution in [2.75, 3.05) is 26.2 Å². The molecule has 0 aromatic carbocycles. The van der Waals surface area contributed by atoms with Crippen LogP contribution in [-0.2, 0) is 13.1 Å². The molecule has 2 aromatic heterocycles. The predicted octanol–water partition coefficient (Wildman–Crippen LogP) is 1.03. The van der Waals surface area contributed by atoms with Crippen LogP contribution in [0, 0.1) is 5.92 Å². The van der Waals surface area contributed by atoms with Gasteiger partial charge in [0.1, 0.15) is 5.69 Å². The maximum absolute atomic E-state index is 12.4. The second kappa shape index (κ2) is 7.92. The minimum atomic E-state index is -0.192. The lowest BCUT2D eigenvalue weighted by atomic mass is 10.1. The predicted molar refractivity (Wildman–Crippen MR) is 95.6 cm³/mol. The number of amides is 1. The van der Waals surface area contributed by atoms with E-state index >= 15 is 0 Å². The molecule has 136 valence electrons. The van der Waals surface area contributed by atoms with Gasteiger partial charge in [-0.2, -0.15) is 0 Å². The number of aromatic nitrogens is 4. The Morgan fingerprint density at radius 1 is 1.44 bits per heavy atom. The lowest BCUT2D eigenvalue weighted by Gasteiger charge is -2.16. The number of carbonyl (C=O) groups is 1. The topological polar surface area (TPSA) is 87.1 Å². The first kappa shape index (κ1) is 17.8. The molecule has 0 aliphatic carbocycles. The number of nitrogens with zero attached hydrogens (tertiary/aromatic N) is 5. The average molecular weight is 364 g/mol. The first-order valence-corrected chi connectivity index (χ1v) is 9.55. The van der Waals surface area contributed by atoms with Crippen LogP contribution in [0.1, 0.15) is 36.5 Å². The van der Waals surface area contributed by atoms with E-state index in [0.29, 0.717) is 24.7 Å². The van der Waals surface area contributed by atoms with Crippen LogP contribution in [0.15, 0.2) is 16.4 Å². The van der Waals surface area contributed by atoms with Crippen molar-refractivity contribution >= 4 is 17.2 Å². The minimum Gasteiger partial charge on any atom is -0.337 e. The molecule has 2 aromatic rings. The van der Waals surface area contributed by atoms with Gasteiger partial charge >= 0.3 is 4.87 Å². The fraction of sp³-hybridized carbons (Fsp3) is 0.625. The number of carbonyl (C=O) groups excluding carboxylic acids is 1. The zero-order valence-corrected chi connectivity index (χ0v) is 15.5. The van der Waals surface area contributed by atoms with Gasteiger partial charge in [0.25, 0.3) is 5.91 Å². The molecule has 0 bridgehead atoms. The molecule has 1 aliphatic heterocycles. The Bertz CT molecular complexity index is 763. The van der Waals surface area contributed by atoms with E-state index in [1.807, 2.05) is 10.9 Å². The van der Waals surface area contributed by atoms with Gasteiger partial charge in [-0.05, 0) is 25.4 Å². The number of aromatic amines is 1. The Kier molecular flexibility index (Phi) is 5.64. The van der Waals surface area contributed by atoms with E-state index < -0.39 is 0 Å². The second-order valence-electron chi connectivity index (χ2n) is 6.36. The highest BCUT2D eigenvalue weighted by Gasteiger charge is 2.28. The van der Waals surface area contributed by atoms with Gasteiger partial charge in [0, 0.05) is 37.8 Å². The molecular formula is C16H24N6O2S. The molecule has 0 saturated carbocycles. The van der Waals surface area contributed by atoms with E-state index in [1.54, 1.807) is 10.3 Å². The molecule has 1 saturated heterocycles. The smallest absolute Gasteiger partial charge is 0.305 e. The molecule has 9 heteroatoms. The normalized spacial score (nSPS) is 17.6. The summed E-state index contributed by atoms with van der Waals surface area (Å²) in [5.74, 6) is 0.263. The molecule has 8 nitrogen and oxygen atoms in total. The molecule has 1 aliphatic rings. The number of nitrogens with one attached hydrogen (secondary N) is 1. The first-order chi connectivity index (χ1) is 12.1. The summed E-state index contributed by atoms with van der Waals surface area (Å²) >= 11 is 1.02. The summed E-state index contributed by atoms with van der Waals surface area (Å²) in [4.78, 5) is 30.1. The van der Waals surface area contributed by atoms with Gasteiger partial charge < -0.3 is 9.88 Å². The third kappa shape index (κ3) is 4.35. The lowest BCUT2D eigenvalue weighted by Crippen LogP contribution is -2.30. The van der Waals surface area contributed by atoms with Crippen LogP contribution in [0.3, 0.4) is 0 Å². The van der Waals surface area contributed by atoms with Crippen molar-refractivity contribution < 1.29 is 4.79 Å². The summed E-state index contributed by atoms with van der Waals surface area (Å²) in [6, 6.07) is 0. The lowest BCUT2D eigenvalue weighted by molar-refractivity contribution is 0.0780. The largest absolute Gasteiger partial charge is 0.337 e. The maximum Gasteiger partial charge on any atom is 0.305 e. The van der Waals surface area contributed by atoms with Gasteiger partial charge in [0.05, 0.1) is 5.69 Å². The molecule has 1 N–H and O–H groups in total. The first-order valence-electron chi connectivity index (χ1n) is 8.67. The Balaban J connectivity index is 1.54. The van der Waals surface area contributed by atoms with Crippen molar-refractivity contribution in [1.82, 2.24) is 29.8 Å². The third-order valence-electron chi connectivity index (χ3n) is 4.64. The SMILES string of the molecule is CCN(CC)Cc1cn(CC2CCN(C(=O)c3csc(=O)[nH]3)C2)nn1. The molecular weight excluding hydrogens is 340 g/mol. The fourth-order valence-corrected chi connectivity index (χ4v) is 3.72. The van der Waals surface area contributed by atoms with Gasteiger partial charge in [-0.15, -0.1) is 5.10 Å². The van der Waals surface area contributed by atoms with Crippen LogP contribution in [0.4, 0.5) is 0 Å². The van der Waals surface area contributed by atoms with E-state index in [0.717, 1.165) is 49.6 Å². The Labute approximate surface area is 150 Å². The highest BCUT2D eigenvalue weighted by molar-refractivity contribution is 7.07. The Morgan fingerprint density at radius 3 is 2.92 bits per heavy atom. The van der Waals surface area contributed by atoms with Crippen LogP contribution < -0.4 is 4.87 Å². The number of hydrogen-bond donors (Lipinski definition) is 1. The van der Waals surface area contributed by atoms with Crippen molar-refractivity contribution in [3.05, 3.63) is 32.6 Å². The highest BCUT2D eigenvalue weighted by atomic mass is 32.1. The molecule has 1 amide bonds. The van der Waals surface area contributed by atoms with E-state index in [9.17, 15) is 9.59 Å². The van der Waals surface area contributed by atoms with Crippen LogP contribution in [0.25, 0.3) is 0 Å². The fourth-order valence-electron chi connectivity index (χ4n) is 3.16. The van der Waals surface area contributed by atoms with Crippen molar-refractivity contribution in [1.29, 1.82) is 0 Å². The van der Waals surface area contributed by atoms with E-state index in [4.69, 9.17) is 0 Å². The van der Waals surface area contributed by atoms with Crippen molar-refractivity contribution in [2.24, 2.45) is 5.92 Å². The van der Waals surface area contributed by atoms with Crippen LogP contribution in [-0.4, -0.2) is 61.9 Å². The zero-order chi connectivity index (χ0) is 17.8. The molecule has 0 radical (unpaired) electrons. The van der Waals surface area contributed by atoms with Crippen LogP contribution >= 0.6 is 11.3 Å². The van der Waals surface area contributed by atoms with Crippen LogP contribution in [0.2, 0.25) is 0 Å². The number of H-pyrrole nitrogens is 1. The Morgan fingerprint density at radius 2 is 2.24 bits per heavy atom. The highest BCUT2D eigenvalue weighted by Crippen LogP contribution is 2.20. The van der Waals surface area contributed by atoms with Crippen molar-refractivity contribution in [3.63, 3.8) is 0 Å². The van der Waals surface area contributed by atoms with E-state index in [2.05, 4.69) is 34.0 Å². The number of likely N-dealkylation sites (tertiary alicyclic amines) is 1. The Hall–Kier alpha value is -2.00. The van der Waals surface area contributed by atoms with Gasteiger partial charge in [-0.25, -0.2) is 0 Å². The summed E-state index contributed by atoms with van der Waals surface area (Å²) in [6.45, 7) is 9.23. The third-order valence-corrected chi connectivity index (χ3v) is 5.31. The van der Waals surface area contributed by atoms with Gasteiger partial charge in [0.15, 0.2) is 0 Å². The number of thiazole rings is 1. The monoisotopic (exact) mass is 364 g/mol. The number of hydrogen-bond acceptors (Lipinski definition) is 6.